The minimum absolute atomic E-state index is 0.332. The number of rotatable bonds is 7. The zero-order chi connectivity index (χ0) is 12.2. The Bertz CT molecular complexity index is 254. The SMILES string of the molecule is CNC(C#N)(CN(C)CCN(C)C)C1CC1. The van der Waals surface area contributed by atoms with Crippen LogP contribution in [-0.4, -0.2) is 63.2 Å². The normalized spacial score (nSPS) is 19.8. The Kier molecular flexibility index (Phi) is 4.72. The van der Waals surface area contributed by atoms with Crippen LogP contribution in [0.4, 0.5) is 0 Å². The van der Waals surface area contributed by atoms with E-state index >= 15 is 0 Å². The van der Waals surface area contributed by atoms with Gasteiger partial charge in [0.15, 0.2) is 0 Å². The predicted octanol–water partition coefficient (Wildman–Crippen LogP) is 0.372. The molecule has 0 saturated heterocycles. The lowest BCUT2D eigenvalue weighted by Gasteiger charge is -2.31. The zero-order valence-electron chi connectivity index (χ0n) is 11.0. The second-order valence-electron chi connectivity index (χ2n) is 5.15. The molecule has 0 amide bonds. The van der Waals surface area contributed by atoms with Gasteiger partial charge in [0.1, 0.15) is 5.54 Å². The highest BCUT2D eigenvalue weighted by Crippen LogP contribution is 2.39. The minimum atomic E-state index is -0.332. The van der Waals surface area contributed by atoms with Gasteiger partial charge in [-0.25, -0.2) is 0 Å². The topological polar surface area (TPSA) is 42.3 Å². The third-order valence-corrected chi connectivity index (χ3v) is 3.37. The molecule has 1 fully saturated rings. The molecule has 92 valence electrons. The average molecular weight is 224 g/mol. The van der Waals surface area contributed by atoms with Gasteiger partial charge in [-0.1, -0.05) is 0 Å². The van der Waals surface area contributed by atoms with Gasteiger partial charge in [0.25, 0.3) is 0 Å². The Morgan fingerprint density at radius 1 is 1.31 bits per heavy atom. The van der Waals surface area contributed by atoms with Gasteiger partial charge in [-0.3, -0.25) is 0 Å². The van der Waals surface area contributed by atoms with Crippen LogP contribution in [0, 0.1) is 17.2 Å². The van der Waals surface area contributed by atoms with Crippen molar-refractivity contribution in [3.8, 4) is 6.07 Å². The summed E-state index contributed by atoms with van der Waals surface area (Å²) < 4.78 is 0. The van der Waals surface area contributed by atoms with Crippen LogP contribution in [0.2, 0.25) is 0 Å². The molecule has 0 heterocycles. The second kappa shape index (κ2) is 5.62. The van der Waals surface area contributed by atoms with Crippen LogP contribution in [0.15, 0.2) is 0 Å². The number of likely N-dealkylation sites (N-methyl/N-ethyl adjacent to an activating group) is 3. The van der Waals surface area contributed by atoms with Crippen molar-refractivity contribution in [2.45, 2.75) is 18.4 Å². The van der Waals surface area contributed by atoms with E-state index in [-0.39, 0.29) is 5.54 Å². The van der Waals surface area contributed by atoms with E-state index in [2.05, 4.69) is 42.3 Å². The Hall–Kier alpha value is -0.630. The molecule has 0 aliphatic heterocycles. The van der Waals surface area contributed by atoms with Crippen LogP contribution in [0.1, 0.15) is 12.8 Å². The lowest BCUT2D eigenvalue weighted by atomic mass is 9.94. The zero-order valence-corrected chi connectivity index (χ0v) is 11.0. The van der Waals surface area contributed by atoms with Crippen molar-refractivity contribution < 1.29 is 0 Å². The summed E-state index contributed by atoms with van der Waals surface area (Å²) in [5.41, 5.74) is -0.332. The summed E-state index contributed by atoms with van der Waals surface area (Å²) in [4.78, 5) is 4.42. The monoisotopic (exact) mass is 224 g/mol. The molecule has 1 rings (SSSR count). The number of nitriles is 1. The quantitative estimate of drug-likeness (QED) is 0.678. The van der Waals surface area contributed by atoms with Crippen LogP contribution in [0.25, 0.3) is 0 Å². The van der Waals surface area contributed by atoms with E-state index in [9.17, 15) is 5.26 Å². The van der Waals surface area contributed by atoms with Gasteiger partial charge >= 0.3 is 0 Å². The Labute approximate surface area is 99.2 Å². The Balaban J connectivity index is 2.45. The van der Waals surface area contributed by atoms with Crippen molar-refractivity contribution in [1.29, 1.82) is 5.26 Å². The minimum Gasteiger partial charge on any atom is -0.308 e. The average Bonchev–Trinajstić information content (AvgIpc) is 3.07. The molecule has 0 spiro atoms. The lowest BCUT2D eigenvalue weighted by Crippen LogP contribution is -2.52. The van der Waals surface area contributed by atoms with Gasteiger partial charge in [0, 0.05) is 19.6 Å². The second-order valence-corrected chi connectivity index (χ2v) is 5.15. The largest absolute Gasteiger partial charge is 0.308 e. The molecule has 1 aliphatic carbocycles. The molecule has 0 radical (unpaired) electrons. The fraction of sp³-hybridized carbons (Fsp3) is 0.917. The van der Waals surface area contributed by atoms with Gasteiger partial charge in [0.2, 0.25) is 0 Å². The van der Waals surface area contributed by atoms with Crippen molar-refractivity contribution >= 4 is 0 Å². The number of nitrogens with zero attached hydrogens (tertiary/aromatic N) is 3. The van der Waals surface area contributed by atoms with Crippen LogP contribution in [-0.2, 0) is 0 Å². The molecular formula is C12H24N4. The maximum absolute atomic E-state index is 9.36. The van der Waals surface area contributed by atoms with E-state index in [1.807, 2.05) is 7.05 Å². The number of hydrogen-bond acceptors (Lipinski definition) is 4. The van der Waals surface area contributed by atoms with E-state index in [4.69, 9.17) is 0 Å². The van der Waals surface area contributed by atoms with Crippen LogP contribution >= 0.6 is 0 Å². The molecule has 4 nitrogen and oxygen atoms in total. The van der Waals surface area contributed by atoms with Gasteiger partial charge in [0.05, 0.1) is 6.07 Å². The van der Waals surface area contributed by atoms with Crippen molar-refractivity contribution in [2.24, 2.45) is 5.92 Å². The summed E-state index contributed by atoms with van der Waals surface area (Å²) in [6, 6.07) is 2.48. The molecule has 16 heavy (non-hydrogen) atoms. The third kappa shape index (κ3) is 3.44. The first-order chi connectivity index (χ1) is 7.54. The fourth-order valence-corrected chi connectivity index (χ4v) is 2.05. The number of nitrogens with one attached hydrogen (secondary N) is 1. The van der Waals surface area contributed by atoms with E-state index in [0.717, 1.165) is 19.6 Å². The van der Waals surface area contributed by atoms with Crippen molar-refractivity contribution in [2.75, 3.05) is 47.8 Å². The highest BCUT2D eigenvalue weighted by atomic mass is 15.2. The highest BCUT2D eigenvalue weighted by Gasteiger charge is 2.45. The maximum atomic E-state index is 9.36. The molecular weight excluding hydrogens is 200 g/mol. The van der Waals surface area contributed by atoms with Crippen molar-refractivity contribution in [3.05, 3.63) is 0 Å². The van der Waals surface area contributed by atoms with E-state index in [1.54, 1.807) is 0 Å². The Morgan fingerprint density at radius 3 is 2.31 bits per heavy atom. The van der Waals surface area contributed by atoms with Crippen LogP contribution < -0.4 is 5.32 Å². The van der Waals surface area contributed by atoms with Gasteiger partial charge in [-0.2, -0.15) is 5.26 Å². The lowest BCUT2D eigenvalue weighted by molar-refractivity contribution is 0.218. The molecule has 0 aromatic rings. The van der Waals surface area contributed by atoms with E-state index in [1.165, 1.54) is 12.8 Å². The summed E-state index contributed by atoms with van der Waals surface area (Å²) in [7, 11) is 8.14. The number of hydrogen-bond donors (Lipinski definition) is 1. The molecule has 1 atom stereocenters. The smallest absolute Gasteiger partial charge is 0.122 e. The standard InChI is InChI=1S/C12H24N4/c1-14-12(9-13,11-5-6-11)10-16(4)8-7-15(2)3/h11,14H,5-8,10H2,1-4H3. The van der Waals surface area contributed by atoms with Crippen LogP contribution in [0.3, 0.4) is 0 Å². The first-order valence-electron chi connectivity index (χ1n) is 5.97. The van der Waals surface area contributed by atoms with Crippen LogP contribution in [0.5, 0.6) is 0 Å². The fourth-order valence-electron chi connectivity index (χ4n) is 2.05. The predicted molar refractivity (Wildman–Crippen MR) is 66.2 cm³/mol. The third-order valence-electron chi connectivity index (χ3n) is 3.37. The maximum Gasteiger partial charge on any atom is 0.122 e. The highest BCUT2D eigenvalue weighted by molar-refractivity contribution is 5.16. The summed E-state index contributed by atoms with van der Waals surface area (Å²) in [5.74, 6) is 0.546. The van der Waals surface area contributed by atoms with Gasteiger partial charge in [-0.05, 0) is 47.0 Å². The molecule has 0 bridgehead atoms. The summed E-state index contributed by atoms with van der Waals surface area (Å²) >= 11 is 0. The first-order valence-corrected chi connectivity index (χ1v) is 5.97. The van der Waals surface area contributed by atoms with Crippen molar-refractivity contribution in [1.82, 2.24) is 15.1 Å². The van der Waals surface area contributed by atoms with E-state index < -0.39 is 0 Å². The molecule has 0 aromatic carbocycles. The molecule has 4 heteroatoms. The van der Waals surface area contributed by atoms with Gasteiger partial charge < -0.3 is 15.1 Å². The van der Waals surface area contributed by atoms with Crippen molar-refractivity contribution in [3.63, 3.8) is 0 Å². The molecule has 1 aliphatic rings. The molecule has 0 aromatic heterocycles. The summed E-state index contributed by atoms with van der Waals surface area (Å²) in [5, 5.41) is 12.6. The van der Waals surface area contributed by atoms with Gasteiger partial charge in [-0.15, -0.1) is 0 Å². The molecule has 1 unspecified atom stereocenters. The first kappa shape index (κ1) is 13.4. The molecule has 1 saturated carbocycles. The molecule has 1 N–H and O–H groups in total. The Morgan fingerprint density at radius 2 is 1.94 bits per heavy atom. The summed E-state index contributed by atoms with van der Waals surface area (Å²) in [6.45, 7) is 2.86. The summed E-state index contributed by atoms with van der Waals surface area (Å²) in [6.07, 6.45) is 2.38. The van der Waals surface area contributed by atoms with E-state index in [0.29, 0.717) is 5.92 Å².